The molecule has 2 aromatic carbocycles. The van der Waals surface area contributed by atoms with Gasteiger partial charge in [-0.25, -0.2) is 0 Å². The van der Waals surface area contributed by atoms with E-state index in [1.807, 2.05) is 30.6 Å². The van der Waals surface area contributed by atoms with Crippen molar-refractivity contribution in [1.29, 1.82) is 0 Å². The quantitative estimate of drug-likeness (QED) is 0.388. The second kappa shape index (κ2) is 7.28. The third-order valence-corrected chi connectivity index (χ3v) is 5.45. The first kappa shape index (κ1) is 17.9. The van der Waals surface area contributed by atoms with Crippen LogP contribution in [0.1, 0.15) is 49.3 Å². The molecule has 0 saturated carbocycles. The predicted molar refractivity (Wildman–Crippen MR) is 115 cm³/mol. The molecule has 0 bridgehead atoms. The van der Waals surface area contributed by atoms with E-state index >= 15 is 0 Å². The predicted octanol–water partition coefficient (Wildman–Crippen LogP) is 6.91. The molecule has 0 saturated heterocycles. The summed E-state index contributed by atoms with van der Waals surface area (Å²) in [5.41, 5.74) is 5.86. The van der Waals surface area contributed by atoms with Crippen molar-refractivity contribution in [2.24, 2.45) is 0 Å². The Kier molecular flexibility index (Phi) is 4.84. The zero-order valence-electron chi connectivity index (χ0n) is 15.9. The Morgan fingerprint density at radius 1 is 0.778 bits per heavy atom. The average molecular weight is 375 g/mol. The van der Waals surface area contributed by atoms with E-state index in [9.17, 15) is 0 Å². The van der Waals surface area contributed by atoms with Crippen molar-refractivity contribution >= 4 is 33.4 Å². The summed E-state index contributed by atoms with van der Waals surface area (Å²) in [6, 6.07) is 17.0. The number of halogens is 1. The van der Waals surface area contributed by atoms with Crippen LogP contribution in [-0.4, -0.2) is 9.97 Å². The number of benzene rings is 2. The molecule has 2 heterocycles. The van der Waals surface area contributed by atoms with E-state index in [0.29, 0.717) is 11.8 Å². The van der Waals surface area contributed by atoms with Crippen molar-refractivity contribution in [3.8, 4) is 0 Å². The fraction of sp³-hybridized carbons (Fsp3) is 0.250. The Labute approximate surface area is 165 Å². The second-order valence-corrected chi connectivity index (χ2v) is 8.10. The highest BCUT2D eigenvalue weighted by Crippen LogP contribution is 2.26. The second-order valence-electron chi connectivity index (χ2n) is 7.66. The molecule has 2 aromatic heterocycles. The number of pyridine rings is 2. The summed E-state index contributed by atoms with van der Waals surface area (Å²) in [5, 5.41) is 3.08. The molecule has 0 aliphatic heterocycles. The van der Waals surface area contributed by atoms with Crippen LogP contribution in [0, 0.1) is 0 Å². The minimum absolute atomic E-state index is 0.385. The van der Waals surface area contributed by atoms with Gasteiger partial charge in [0.25, 0.3) is 0 Å². The van der Waals surface area contributed by atoms with Crippen LogP contribution in [0.4, 0.5) is 0 Å². The van der Waals surface area contributed by atoms with Gasteiger partial charge in [-0.05, 0) is 71.3 Å². The minimum atomic E-state index is 0.385. The van der Waals surface area contributed by atoms with Gasteiger partial charge in [-0.1, -0.05) is 44.5 Å². The van der Waals surface area contributed by atoms with E-state index in [4.69, 9.17) is 11.6 Å². The maximum atomic E-state index is 6.06. The third-order valence-electron chi connectivity index (χ3n) is 5.21. The zero-order chi connectivity index (χ0) is 19.0. The van der Waals surface area contributed by atoms with Crippen molar-refractivity contribution in [1.82, 2.24) is 9.97 Å². The largest absolute Gasteiger partial charge is 0.256 e. The highest BCUT2D eigenvalue weighted by atomic mass is 35.5. The van der Waals surface area contributed by atoms with E-state index in [1.54, 1.807) is 0 Å². The number of rotatable bonds is 4. The molecule has 1 atom stereocenters. The summed E-state index contributed by atoms with van der Waals surface area (Å²) in [6.07, 6.45) is 4.94. The SMILES string of the molecule is CC(C)c1cnc2ccc(CC(C)c3cnc4cc(Cl)ccc4c3)cc2c1. The van der Waals surface area contributed by atoms with Crippen LogP contribution >= 0.6 is 11.6 Å². The Morgan fingerprint density at radius 2 is 1.52 bits per heavy atom. The maximum Gasteiger partial charge on any atom is 0.0716 e. The first-order valence-electron chi connectivity index (χ1n) is 9.43. The van der Waals surface area contributed by atoms with E-state index in [0.717, 1.165) is 27.9 Å². The first-order valence-corrected chi connectivity index (χ1v) is 9.81. The number of hydrogen-bond donors (Lipinski definition) is 0. The summed E-state index contributed by atoms with van der Waals surface area (Å²) in [4.78, 5) is 9.19. The molecule has 0 spiro atoms. The molecular weight excluding hydrogens is 352 g/mol. The average Bonchev–Trinajstić information content (AvgIpc) is 2.66. The maximum absolute atomic E-state index is 6.06. The number of fused-ring (bicyclic) bond motifs is 2. The molecule has 0 amide bonds. The van der Waals surface area contributed by atoms with Gasteiger partial charge in [0.15, 0.2) is 0 Å². The van der Waals surface area contributed by atoms with Crippen LogP contribution in [0.5, 0.6) is 0 Å². The lowest BCUT2D eigenvalue weighted by Crippen LogP contribution is -2.00. The highest BCUT2D eigenvalue weighted by Gasteiger charge is 2.10. The smallest absolute Gasteiger partial charge is 0.0716 e. The molecule has 4 rings (SSSR count). The molecule has 3 heteroatoms. The van der Waals surface area contributed by atoms with Crippen LogP contribution in [0.15, 0.2) is 60.9 Å². The van der Waals surface area contributed by atoms with Gasteiger partial charge < -0.3 is 0 Å². The number of hydrogen-bond acceptors (Lipinski definition) is 2. The molecule has 4 aromatic rings. The van der Waals surface area contributed by atoms with Gasteiger partial charge in [-0.2, -0.15) is 0 Å². The molecule has 27 heavy (non-hydrogen) atoms. The topological polar surface area (TPSA) is 25.8 Å². The lowest BCUT2D eigenvalue weighted by molar-refractivity contribution is 0.757. The molecule has 136 valence electrons. The van der Waals surface area contributed by atoms with Crippen LogP contribution in [-0.2, 0) is 6.42 Å². The fourth-order valence-corrected chi connectivity index (χ4v) is 3.66. The fourth-order valence-electron chi connectivity index (χ4n) is 3.49. The molecule has 0 aliphatic rings. The standard InChI is InChI=1S/C24H23ClN2/c1-15(2)20-11-19-9-17(4-7-23(19)26-13-20)8-16(3)21-10-18-5-6-22(25)12-24(18)27-14-21/h4-7,9-16H,8H2,1-3H3. The highest BCUT2D eigenvalue weighted by molar-refractivity contribution is 6.31. The normalized spacial score (nSPS) is 12.8. The Balaban J connectivity index is 1.61. The molecule has 2 nitrogen and oxygen atoms in total. The van der Waals surface area contributed by atoms with Crippen molar-refractivity contribution in [2.75, 3.05) is 0 Å². The molecular formula is C24H23ClN2. The van der Waals surface area contributed by atoms with Crippen molar-refractivity contribution in [3.05, 3.63) is 82.6 Å². The summed E-state index contributed by atoms with van der Waals surface area (Å²) in [6.45, 7) is 6.66. The van der Waals surface area contributed by atoms with E-state index in [1.165, 1.54) is 22.1 Å². The molecule has 0 fully saturated rings. The van der Waals surface area contributed by atoms with Crippen LogP contribution in [0.2, 0.25) is 5.02 Å². The van der Waals surface area contributed by atoms with E-state index in [-0.39, 0.29) is 0 Å². The third kappa shape index (κ3) is 3.81. The van der Waals surface area contributed by atoms with Crippen molar-refractivity contribution in [3.63, 3.8) is 0 Å². The lowest BCUT2D eigenvalue weighted by Gasteiger charge is -2.14. The molecule has 0 radical (unpaired) electrons. The number of nitrogens with zero attached hydrogens (tertiary/aromatic N) is 2. The Morgan fingerprint density at radius 3 is 2.33 bits per heavy atom. The number of aromatic nitrogens is 2. The van der Waals surface area contributed by atoms with Gasteiger partial charge in [0.1, 0.15) is 0 Å². The summed E-state index contributed by atoms with van der Waals surface area (Å²) in [5.74, 6) is 0.873. The van der Waals surface area contributed by atoms with Crippen molar-refractivity contribution in [2.45, 2.75) is 39.0 Å². The molecule has 0 N–H and O–H groups in total. The zero-order valence-corrected chi connectivity index (χ0v) is 16.7. The van der Waals surface area contributed by atoms with Crippen LogP contribution in [0.25, 0.3) is 21.8 Å². The van der Waals surface area contributed by atoms with Gasteiger partial charge in [-0.3, -0.25) is 9.97 Å². The Bertz CT molecular complexity index is 1120. The molecule has 1 unspecified atom stereocenters. The lowest BCUT2D eigenvalue weighted by atomic mass is 9.93. The van der Waals surface area contributed by atoms with Gasteiger partial charge in [0.2, 0.25) is 0 Å². The minimum Gasteiger partial charge on any atom is -0.256 e. The van der Waals surface area contributed by atoms with Gasteiger partial charge in [0, 0.05) is 28.2 Å². The van der Waals surface area contributed by atoms with E-state index < -0.39 is 0 Å². The summed E-state index contributed by atoms with van der Waals surface area (Å²) >= 11 is 6.06. The molecule has 0 aliphatic carbocycles. The summed E-state index contributed by atoms with van der Waals surface area (Å²) < 4.78 is 0. The van der Waals surface area contributed by atoms with Gasteiger partial charge in [-0.15, -0.1) is 0 Å². The van der Waals surface area contributed by atoms with Crippen LogP contribution < -0.4 is 0 Å². The first-order chi connectivity index (χ1) is 13.0. The van der Waals surface area contributed by atoms with Gasteiger partial charge >= 0.3 is 0 Å². The van der Waals surface area contributed by atoms with Crippen molar-refractivity contribution < 1.29 is 0 Å². The van der Waals surface area contributed by atoms with Crippen LogP contribution in [0.3, 0.4) is 0 Å². The monoisotopic (exact) mass is 374 g/mol. The Hall–Kier alpha value is -2.45. The van der Waals surface area contributed by atoms with E-state index in [2.05, 4.69) is 61.1 Å². The van der Waals surface area contributed by atoms with Gasteiger partial charge in [0.05, 0.1) is 11.0 Å². The summed E-state index contributed by atoms with van der Waals surface area (Å²) in [7, 11) is 0.